The highest BCUT2D eigenvalue weighted by Crippen LogP contribution is 2.61. The van der Waals surface area contributed by atoms with Gasteiger partial charge in [-0.1, -0.05) is 66.5 Å². The monoisotopic (exact) mass is 460 g/mol. The molecule has 3 rings (SSSR count). The molecule has 2 N–H and O–H groups in total. The molecule has 0 spiro atoms. The second-order valence-corrected chi connectivity index (χ2v) is 13.5. The molecule has 3 nitrogen and oxygen atoms in total. The average molecular weight is 461 g/mol. The lowest BCUT2D eigenvalue weighted by molar-refractivity contribution is -0.142. The lowest BCUT2D eigenvalue weighted by Crippen LogP contribution is -2.53. The first-order chi connectivity index (χ1) is 15.3. The van der Waals surface area contributed by atoms with Gasteiger partial charge in [-0.2, -0.15) is 0 Å². The Morgan fingerprint density at radius 1 is 1.03 bits per heavy atom. The second kappa shape index (κ2) is 10.0. The summed E-state index contributed by atoms with van der Waals surface area (Å²) in [5.41, 5.74) is 1.88. The number of fused-ring (bicyclic) bond motifs is 1. The molecule has 0 radical (unpaired) electrons. The highest BCUT2D eigenvalue weighted by Gasteiger charge is 2.54. The van der Waals surface area contributed by atoms with Gasteiger partial charge in [0.25, 0.3) is 0 Å². The van der Waals surface area contributed by atoms with Crippen molar-refractivity contribution in [3.05, 3.63) is 11.6 Å². The third kappa shape index (κ3) is 5.24. The van der Waals surface area contributed by atoms with E-state index in [0.717, 1.165) is 51.4 Å². The second-order valence-electron chi connectivity index (χ2n) is 13.5. The van der Waals surface area contributed by atoms with E-state index in [1.165, 1.54) is 19.3 Å². The molecule has 3 aliphatic rings. The predicted octanol–water partition coefficient (Wildman–Crippen LogP) is 7.87. The first kappa shape index (κ1) is 26.8. The van der Waals surface area contributed by atoms with E-state index in [4.69, 9.17) is 0 Å². The summed E-state index contributed by atoms with van der Waals surface area (Å²) >= 11 is 0. The Morgan fingerprint density at radius 2 is 1.73 bits per heavy atom. The van der Waals surface area contributed by atoms with Crippen LogP contribution in [0.4, 0.5) is 0 Å². The maximum Gasteiger partial charge on any atom is 0.306 e. The number of carboxylic acids is 1. The molecular formula is C30H52O3. The fraction of sp³-hybridized carbons (Fsp3) is 0.900. The number of carbonyl (C=O) groups is 1. The van der Waals surface area contributed by atoms with Crippen molar-refractivity contribution in [2.75, 3.05) is 0 Å². The molecule has 1 unspecified atom stereocenters. The first-order valence-electron chi connectivity index (χ1n) is 14.0. The summed E-state index contributed by atoms with van der Waals surface area (Å²) in [6, 6.07) is 0. The minimum absolute atomic E-state index is 0.0530. The molecule has 8 atom stereocenters. The van der Waals surface area contributed by atoms with E-state index in [2.05, 4.69) is 54.5 Å². The van der Waals surface area contributed by atoms with Crippen molar-refractivity contribution < 1.29 is 15.0 Å². The fourth-order valence-corrected chi connectivity index (χ4v) is 8.12. The Kier molecular flexibility index (Phi) is 8.14. The van der Waals surface area contributed by atoms with Crippen LogP contribution >= 0.6 is 0 Å². The van der Waals surface area contributed by atoms with Crippen LogP contribution in [0.1, 0.15) is 119 Å². The van der Waals surface area contributed by atoms with Crippen molar-refractivity contribution in [1.82, 2.24) is 0 Å². The topological polar surface area (TPSA) is 57.5 Å². The van der Waals surface area contributed by atoms with E-state index in [0.29, 0.717) is 23.7 Å². The van der Waals surface area contributed by atoms with Crippen LogP contribution in [0.2, 0.25) is 0 Å². The zero-order valence-corrected chi connectivity index (χ0v) is 22.6. The predicted molar refractivity (Wildman–Crippen MR) is 137 cm³/mol. The van der Waals surface area contributed by atoms with Gasteiger partial charge in [-0.15, -0.1) is 0 Å². The molecule has 3 heteroatoms. The summed E-state index contributed by atoms with van der Waals surface area (Å²) in [6.07, 6.45) is 13.9. The summed E-state index contributed by atoms with van der Waals surface area (Å²) < 4.78 is 0. The molecule has 0 amide bonds. The van der Waals surface area contributed by atoms with E-state index in [9.17, 15) is 15.0 Å². The Morgan fingerprint density at radius 3 is 2.36 bits per heavy atom. The number of allylic oxidation sites excluding steroid dienone is 2. The Bertz CT molecular complexity index is 724. The van der Waals surface area contributed by atoms with Gasteiger partial charge in [0.1, 0.15) is 0 Å². The molecule has 33 heavy (non-hydrogen) atoms. The molecule has 0 bridgehead atoms. The molecule has 0 aromatic rings. The van der Waals surface area contributed by atoms with Crippen LogP contribution in [0.15, 0.2) is 11.6 Å². The highest BCUT2D eigenvalue weighted by atomic mass is 16.4. The maximum atomic E-state index is 12.0. The molecular weight excluding hydrogens is 408 g/mol. The van der Waals surface area contributed by atoms with Crippen LogP contribution < -0.4 is 0 Å². The zero-order chi connectivity index (χ0) is 24.6. The van der Waals surface area contributed by atoms with Gasteiger partial charge in [-0.3, -0.25) is 4.79 Å². The van der Waals surface area contributed by atoms with Crippen molar-refractivity contribution in [1.29, 1.82) is 0 Å². The standard InChI is InChI=1S/C30H52O3/c1-8-9-25-28(4,5)26(31)15-17-30(25,7)24-13-12-23-18-21(3)20(2)10-11-22(27(32)33)14-16-29(23,6)19-24/h12,20-22,24-26,31H,8-11,13-19H2,1-7H3,(H,32,33)/t20-,21-,22+,24+,25?,26+,29+,30-/m1/s1. The van der Waals surface area contributed by atoms with Gasteiger partial charge in [0, 0.05) is 0 Å². The number of aliphatic hydroxyl groups excluding tert-OH is 1. The van der Waals surface area contributed by atoms with Crippen molar-refractivity contribution >= 4 is 5.97 Å². The van der Waals surface area contributed by atoms with E-state index < -0.39 is 5.97 Å². The number of rotatable bonds is 4. The summed E-state index contributed by atoms with van der Waals surface area (Å²) in [5, 5.41) is 20.8. The zero-order valence-electron chi connectivity index (χ0n) is 22.6. The van der Waals surface area contributed by atoms with Gasteiger partial charge in [-0.05, 0) is 104 Å². The molecule has 190 valence electrons. The van der Waals surface area contributed by atoms with E-state index >= 15 is 0 Å². The largest absolute Gasteiger partial charge is 0.481 e. The maximum absolute atomic E-state index is 12.0. The number of hydrogen-bond donors (Lipinski definition) is 2. The third-order valence-corrected chi connectivity index (χ3v) is 11.0. The third-order valence-electron chi connectivity index (χ3n) is 11.0. The van der Waals surface area contributed by atoms with Crippen LogP contribution in [-0.2, 0) is 4.79 Å². The molecule has 0 aliphatic heterocycles. The summed E-state index contributed by atoms with van der Waals surface area (Å²) in [5.74, 6) is 1.49. The Balaban J connectivity index is 1.93. The number of hydrogen-bond acceptors (Lipinski definition) is 2. The SMILES string of the molecule is CCCC1C(C)(C)[C@@H](O)CC[C@]1(C)[C@H]1CC=C2C[C@@H](C)[C@H](C)CC[C@H](C(=O)O)CC[C@@]2(C)C1. The van der Waals surface area contributed by atoms with Crippen LogP contribution in [0.5, 0.6) is 0 Å². The molecule has 2 fully saturated rings. The normalized spacial score (nSPS) is 44.4. The summed E-state index contributed by atoms with van der Waals surface area (Å²) in [6.45, 7) is 16.5. The van der Waals surface area contributed by atoms with Gasteiger partial charge in [0.05, 0.1) is 12.0 Å². The average Bonchev–Trinajstić information content (AvgIpc) is 2.74. The van der Waals surface area contributed by atoms with Crippen molar-refractivity contribution in [3.63, 3.8) is 0 Å². The van der Waals surface area contributed by atoms with Gasteiger partial charge in [-0.25, -0.2) is 0 Å². The Hall–Kier alpha value is -0.830. The molecule has 0 heterocycles. The van der Waals surface area contributed by atoms with Crippen molar-refractivity contribution in [2.45, 2.75) is 125 Å². The molecule has 0 aromatic heterocycles. The number of aliphatic hydroxyl groups is 1. The Labute approximate surface area is 203 Å². The van der Waals surface area contributed by atoms with Gasteiger partial charge in [0.2, 0.25) is 0 Å². The van der Waals surface area contributed by atoms with Gasteiger partial charge in [0.15, 0.2) is 0 Å². The number of aliphatic carboxylic acids is 1. The van der Waals surface area contributed by atoms with Crippen molar-refractivity contribution in [2.24, 2.45) is 45.8 Å². The van der Waals surface area contributed by atoms with Crippen LogP contribution in [0.25, 0.3) is 0 Å². The molecule has 0 aromatic carbocycles. The molecule has 3 aliphatic carbocycles. The van der Waals surface area contributed by atoms with Crippen LogP contribution in [0.3, 0.4) is 0 Å². The number of carboxylic acid groups (broad SMARTS) is 1. The highest BCUT2D eigenvalue weighted by molar-refractivity contribution is 5.69. The van der Waals surface area contributed by atoms with Crippen LogP contribution in [0, 0.1) is 45.8 Å². The quantitative estimate of drug-likeness (QED) is 0.420. The molecule has 0 saturated heterocycles. The smallest absolute Gasteiger partial charge is 0.306 e. The van der Waals surface area contributed by atoms with Crippen molar-refractivity contribution in [3.8, 4) is 0 Å². The molecule has 2 saturated carbocycles. The lowest BCUT2D eigenvalue weighted by Gasteiger charge is -2.58. The fourth-order valence-electron chi connectivity index (χ4n) is 8.12. The minimum Gasteiger partial charge on any atom is -0.481 e. The first-order valence-corrected chi connectivity index (χ1v) is 14.0. The van der Waals surface area contributed by atoms with E-state index in [-0.39, 0.29) is 28.3 Å². The van der Waals surface area contributed by atoms with Gasteiger partial charge >= 0.3 is 5.97 Å². The summed E-state index contributed by atoms with van der Waals surface area (Å²) in [7, 11) is 0. The van der Waals surface area contributed by atoms with E-state index in [1.54, 1.807) is 5.57 Å². The van der Waals surface area contributed by atoms with E-state index in [1.807, 2.05) is 0 Å². The van der Waals surface area contributed by atoms with Gasteiger partial charge < -0.3 is 10.2 Å². The van der Waals surface area contributed by atoms with Crippen LogP contribution in [-0.4, -0.2) is 22.3 Å². The summed E-state index contributed by atoms with van der Waals surface area (Å²) in [4.78, 5) is 12.0. The minimum atomic E-state index is -0.602. The lowest BCUT2D eigenvalue weighted by atomic mass is 9.47.